The molecule has 10 rings (SSSR count). The quantitative estimate of drug-likeness (QED) is 0.0297. The number of benzene rings is 5. The predicted octanol–water partition coefficient (Wildman–Crippen LogP) is 7.44. The zero-order valence-corrected chi connectivity index (χ0v) is 50.7. The highest BCUT2D eigenvalue weighted by Crippen LogP contribution is 2.43. The van der Waals surface area contributed by atoms with Crippen molar-refractivity contribution in [2.75, 3.05) is 56.1 Å². The van der Waals surface area contributed by atoms with Gasteiger partial charge in [-0.2, -0.15) is 0 Å². The van der Waals surface area contributed by atoms with E-state index < -0.39 is 48.2 Å². The first-order valence-electron chi connectivity index (χ1n) is 30.4. The minimum Gasteiger partial charge on any atom is -0.493 e. The van der Waals surface area contributed by atoms with Gasteiger partial charge in [-0.25, -0.2) is 9.69 Å². The highest BCUT2D eigenvalue weighted by atomic mass is 16.6. The topological polar surface area (TPSA) is 264 Å². The van der Waals surface area contributed by atoms with Crippen LogP contribution in [0.25, 0.3) is 0 Å². The summed E-state index contributed by atoms with van der Waals surface area (Å²) < 4.78 is 30.0. The molecule has 0 fully saturated rings. The van der Waals surface area contributed by atoms with Crippen LogP contribution in [0.1, 0.15) is 114 Å². The van der Waals surface area contributed by atoms with E-state index in [2.05, 4.69) is 33.4 Å². The monoisotopic (exact) mass is 1220 g/mol. The van der Waals surface area contributed by atoms with Crippen LogP contribution in [0.5, 0.6) is 23.0 Å². The summed E-state index contributed by atoms with van der Waals surface area (Å²) in [7, 11) is 3.01. The van der Waals surface area contributed by atoms with Crippen LogP contribution >= 0.6 is 0 Å². The van der Waals surface area contributed by atoms with Crippen LogP contribution in [-0.2, 0) is 61.2 Å². The van der Waals surface area contributed by atoms with E-state index in [0.29, 0.717) is 92.2 Å². The molecular weight excluding hydrogens is 1140 g/mol. The number of carbonyl (C=O) groups is 8. The third-order valence-electron chi connectivity index (χ3n) is 16.9. The molecule has 5 atom stereocenters. The Labute approximate surface area is 516 Å². The number of amides is 8. The number of imide groups is 1. The molecule has 5 heterocycles. The molecule has 5 aromatic carbocycles. The van der Waals surface area contributed by atoms with E-state index in [1.807, 2.05) is 47.4 Å². The van der Waals surface area contributed by atoms with Crippen molar-refractivity contribution in [3.63, 3.8) is 0 Å². The Kier molecular flexibility index (Phi) is 19.8. The standard InChI is InChI=1S/C67H76N8O14/c1-40(2)61(71-58(76)20-8-6-13-27-72-59(77)25-26-60(72)78)63(80)69-41(3)62(79)70-47-23-21-42(22-24-47)39-89-67(84)75-52-35-57(55(86-5)33-50(52)65(82)74-38-46-19-12-10-17-44(46)31-53(74)66(75)83)88-29-15-7-14-28-87-56-34-51-49(32-54(56)85-4)64(81)73-37-45-18-11-9-16-43(45)30-48(73)36-68-51/h9-12,16-19,21-26,32-35,40-41,48,53,61,66,68,83H,6-8,13-15,20,27-31,36-39H2,1-5H3,(H,69,80)(H,70,79)(H,71,76)/t41-,48-,53?,61-,66?/m0/s1. The van der Waals surface area contributed by atoms with E-state index in [0.717, 1.165) is 32.9 Å². The first kappa shape index (κ1) is 62.6. The summed E-state index contributed by atoms with van der Waals surface area (Å²) in [6, 6.07) is 26.3. The SMILES string of the molecule is COc1cc2c(cc1OCCCCCOc1cc3c(cc1OC)C(=O)N1Cc4ccccc4CC1C(O)N3C(=O)OCc1ccc(NC(=O)[C@H](C)NC(=O)[C@@H](NC(=O)CCCCCN3C(=O)C=CC3=O)C(C)C)cc1)NC[C@@H]1Cc3ccccc3CN1C2=O. The molecule has 5 aromatic rings. The highest BCUT2D eigenvalue weighted by Gasteiger charge is 2.46. The molecule has 2 unspecified atom stereocenters. The van der Waals surface area contributed by atoms with Gasteiger partial charge in [0.15, 0.2) is 29.2 Å². The van der Waals surface area contributed by atoms with Crippen molar-refractivity contribution in [3.8, 4) is 23.0 Å². The van der Waals surface area contributed by atoms with Crippen molar-refractivity contribution in [1.82, 2.24) is 25.3 Å². The summed E-state index contributed by atoms with van der Waals surface area (Å²) in [6.07, 6.45) is 4.72. The first-order valence-corrected chi connectivity index (χ1v) is 30.4. The summed E-state index contributed by atoms with van der Waals surface area (Å²) >= 11 is 0. The van der Waals surface area contributed by atoms with Crippen LogP contribution in [-0.4, -0.2) is 138 Å². The van der Waals surface area contributed by atoms with Crippen LogP contribution in [0.3, 0.4) is 0 Å². The van der Waals surface area contributed by atoms with Gasteiger partial charge in [0, 0.05) is 62.6 Å². The van der Waals surface area contributed by atoms with Crippen LogP contribution in [0.15, 0.2) is 109 Å². The summed E-state index contributed by atoms with van der Waals surface area (Å²) in [5.74, 6) is -1.40. The van der Waals surface area contributed by atoms with Gasteiger partial charge < -0.3 is 59.9 Å². The molecule has 0 aliphatic carbocycles. The molecule has 89 heavy (non-hydrogen) atoms. The molecule has 0 saturated heterocycles. The van der Waals surface area contributed by atoms with Gasteiger partial charge in [-0.05, 0) is 110 Å². The molecule has 5 aliphatic rings. The van der Waals surface area contributed by atoms with E-state index in [-0.39, 0.29) is 97.5 Å². The molecule has 5 N–H and O–H groups in total. The lowest BCUT2D eigenvalue weighted by Gasteiger charge is -2.39. The van der Waals surface area contributed by atoms with E-state index in [4.69, 9.17) is 23.7 Å². The van der Waals surface area contributed by atoms with Gasteiger partial charge in [0.1, 0.15) is 18.7 Å². The highest BCUT2D eigenvalue weighted by molar-refractivity contribution is 6.13. The average molecular weight is 1220 g/mol. The number of hydrogen-bond acceptors (Lipinski definition) is 15. The number of aliphatic hydroxyl groups excluding tert-OH is 1. The van der Waals surface area contributed by atoms with Gasteiger partial charge in [0.25, 0.3) is 23.6 Å². The molecule has 0 bridgehead atoms. The van der Waals surface area contributed by atoms with Crippen molar-refractivity contribution in [3.05, 3.63) is 148 Å². The van der Waals surface area contributed by atoms with Crippen LogP contribution in [0.4, 0.5) is 21.9 Å². The number of nitrogens with one attached hydrogen (secondary N) is 4. The fraction of sp³-hybridized carbons (Fsp3) is 0.403. The lowest BCUT2D eigenvalue weighted by Crippen LogP contribution is -2.55. The summed E-state index contributed by atoms with van der Waals surface area (Å²) in [6.45, 7) is 7.02. The number of fused-ring (bicyclic) bond motifs is 6. The minimum atomic E-state index is -1.55. The molecular formula is C67H76N8O14. The number of anilines is 3. The number of ether oxygens (including phenoxy) is 5. The van der Waals surface area contributed by atoms with Crippen molar-refractivity contribution >= 4 is 64.5 Å². The number of aliphatic hydroxyl groups is 1. The second-order valence-corrected chi connectivity index (χ2v) is 23.3. The van der Waals surface area contributed by atoms with Crippen LogP contribution in [0.2, 0.25) is 0 Å². The zero-order chi connectivity index (χ0) is 62.9. The first-order chi connectivity index (χ1) is 43.0. The fourth-order valence-corrected chi connectivity index (χ4v) is 11.9. The summed E-state index contributed by atoms with van der Waals surface area (Å²) in [5.41, 5.74) is 6.58. The molecule has 0 spiro atoms. The van der Waals surface area contributed by atoms with E-state index in [9.17, 15) is 43.5 Å². The van der Waals surface area contributed by atoms with Crippen LogP contribution < -0.4 is 45.1 Å². The Morgan fingerprint density at radius 1 is 0.652 bits per heavy atom. The normalized spacial score (nSPS) is 17.9. The number of hydrogen-bond donors (Lipinski definition) is 5. The second-order valence-electron chi connectivity index (χ2n) is 23.3. The van der Waals surface area contributed by atoms with Crippen molar-refractivity contribution < 1.29 is 67.1 Å². The fourth-order valence-electron chi connectivity index (χ4n) is 11.9. The third kappa shape index (κ3) is 14.3. The average Bonchev–Trinajstić information content (AvgIpc) is 1.70. The number of nitrogens with zero attached hydrogens (tertiary/aromatic N) is 4. The van der Waals surface area contributed by atoms with E-state index in [1.54, 1.807) is 56.2 Å². The Morgan fingerprint density at radius 3 is 1.90 bits per heavy atom. The molecule has 22 heteroatoms. The lowest BCUT2D eigenvalue weighted by atomic mass is 9.93. The maximum atomic E-state index is 14.7. The van der Waals surface area contributed by atoms with Crippen LogP contribution in [0, 0.1) is 5.92 Å². The van der Waals surface area contributed by atoms with Gasteiger partial charge in [0.2, 0.25) is 17.7 Å². The smallest absolute Gasteiger partial charge is 0.416 e. The van der Waals surface area contributed by atoms with E-state index in [1.165, 1.54) is 43.9 Å². The molecule has 468 valence electrons. The van der Waals surface area contributed by atoms with Crippen molar-refractivity contribution in [1.29, 1.82) is 0 Å². The predicted molar refractivity (Wildman–Crippen MR) is 329 cm³/mol. The minimum absolute atomic E-state index is 0.00867. The summed E-state index contributed by atoms with van der Waals surface area (Å²) in [4.78, 5) is 112. The Bertz CT molecular complexity index is 3520. The maximum Gasteiger partial charge on any atom is 0.416 e. The van der Waals surface area contributed by atoms with Gasteiger partial charge in [-0.1, -0.05) is 80.9 Å². The van der Waals surface area contributed by atoms with Gasteiger partial charge in [0.05, 0.1) is 62.0 Å². The molecule has 0 saturated carbocycles. The van der Waals surface area contributed by atoms with Crippen molar-refractivity contribution in [2.45, 2.75) is 129 Å². The maximum absolute atomic E-state index is 14.7. The Morgan fingerprint density at radius 2 is 1.25 bits per heavy atom. The number of rotatable bonds is 24. The van der Waals surface area contributed by atoms with Gasteiger partial charge in [-0.15, -0.1) is 0 Å². The molecule has 8 amide bonds. The second kappa shape index (κ2) is 28.2. The number of methoxy groups -OCH3 is 2. The largest absolute Gasteiger partial charge is 0.493 e. The molecule has 0 aromatic heterocycles. The summed E-state index contributed by atoms with van der Waals surface area (Å²) in [5, 5.41) is 24.0. The van der Waals surface area contributed by atoms with Gasteiger partial charge in [-0.3, -0.25) is 38.5 Å². The van der Waals surface area contributed by atoms with E-state index >= 15 is 0 Å². The Hall–Kier alpha value is -9.44. The Balaban J connectivity index is 0.736. The number of carbonyl (C=O) groups excluding carboxylic acids is 8. The van der Waals surface area contributed by atoms with Crippen molar-refractivity contribution in [2.24, 2.45) is 5.92 Å². The molecule has 5 aliphatic heterocycles. The molecule has 0 radical (unpaired) electrons. The van der Waals surface area contributed by atoms with Gasteiger partial charge >= 0.3 is 6.09 Å². The number of unbranched alkanes of at least 4 members (excludes halogenated alkanes) is 4. The third-order valence-corrected chi connectivity index (χ3v) is 16.9. The molecule has 22 nitrogen and oxygen atoms in total. The lowest BCUT2D eigenvalue weighted by molar-refractivity contribution is -0.137. The zero-order valence-electron chi connectivity index (χ0n) is 50.7.